The number of rotatable bonds is 4. The largest absolute Gasteiger partial charge is 0.367 e. The van der Waals surface area contributed by atoms with Crippen LogP contribution in [0.25, 0.3) is 0 Å². The predicted octanol–water partition coefficient (Wildman–Crippen LogP) is 4.13. The summed E-state index contributed by atoms with van der Waals surface area (Å²) in [6, 6.07) is 3.08. The number of Topliss-reactive ketones (excluding diaryl/α,β-unsaturated/α-hetero) is 1. The van der Waals surface area contributed by atoms with Crippen LogP contribution in [-0.2, 0) is 4.74 Å². The first-order chi connectivity index (χ1) is 9.48. The molecule has 1 aliphatic rings. The van der Waals surface area contributed by atoms with E-state index in [2.05, 4.69) is 6.92 Å². The molecular weight excluding hydrogens is 262 g/mol. The Balaban J connectivity index is 2.35. The Bertz CT molecular complexity index is 497. The van der Waals surface area contributed by atoms with Gasteiger partial charge in [-0.15, -0.1) is 0 Å². The molecule has 0 aliphatic heterocycles. The smallest absolute Gasteiger partial charge is 0.197 e. The SMILES string of the molecule is CCOC1(C(=O)c2ccc(F)cc2F)CCCC(C)C1. The summed E-state index contributed by atoms with van der Waals surface area (Å²) in [6.07, 6.45) is 3.13. The summed E-state index contributed by atoms with van der Waals surface area (Å²) in [5, 5.41) is 0. The lowest BCUT2D eigenvalue weighted by molar-refractivity contribution is -0.0513. The highest BCUT2D eigenvalue weighted by atomic mass is 19.1. The van der Waals surface area contributed by atoms with E-state index in [0.717, 1.165) is 25.0 Å². The lowest BCUT2D eigenvalue weighted by Gasteiger charge is -2.38. The third kappa shape index (κ3) is 2.90. The molecule has 0 heterocycles. The van der Waals surface area contributed by atoms with Crippen LogP contribution in [0.15, 0.2) is 18.2 Å². The summed E-state index contributed by atoms with van der Waals surface area (Å²) in [4.78, 5) is 12.7. The number of carbonyl (C=O) groups excluding carboxylic acids is 1. The summed E-state index contributed by atoms with van der Waals surface area (Å²) < 4.78 is 32.6. The minimum atomic E-state index is -0.953. The molecule has 1 fully saturated rings. The molecule has 0 amide bonds. The predicted molar refractivity (Wildman–Crippen MR) is 72.7 cm³/mol. The molecule has 110 valence electrons. The number of carbonyl (C=O) groups is 1. The number of hydrogen-bond donors (Lipinski definition) is 0. The monoisotopic (exact) mass is 282 g/mol. The summed E-state index contributed by atoms with van der Waals surface area (Å²) in [5.41, 5.74) is -1.03. The van der Waals surface area contributed by atoms with Crippen molar-refractivity contribution in [3.05, 3.63) is 35.4 Å². The zero-order valence-electron chi connectivity index (χ0n) is 11.9. The Hall–Kier alpha value is -1.29. The minimum absolute atomic E-state index is 0.0750. The van der Waals surface area contributed by atoms with Crippen molar-refractivity contribution in [3.8, 4) is 0 Å². The second kappa shape index (κ2) is 6.00. The van der Waals surface area contributed by atoms with Gasteiger partial charge >= 0.3 is 0 Å². The van der Waals surface area contributed by atoms with Gasteiger partial charge in [-0.25, -0.2) is 8.78 Å². The lowest BCUT2D eigenvalue weighted by Crippen LogP contribution is -2.45. The molecule has 1 aliphatic carbocycles. The maximum Gasteiger partial charge on any atom is 0.197 e. The third-order valence-corrected chi connectivity index (χ3v) is 3.97. The van der Waals surface area contributed by atoms with E-state index in [9.17, 15) is 13.6 Å². The van der Waals surface area contributed by atoms with Gasteiger partial charge in [0.1, 0.15) is 17.2 Å². The van der Waals surface area contributed by atoms with Gasteiger partial charge in [0.05, 0.1) is 5.56 Å². The Labute approximate surface area is 118 Å². The van der Waals surface area contributed by atoms with Crippen molar-refractivity contribution in [3.63, 3.8) is 0 Å². The molecule has 0 bridgehead atoms. The molecule has 4 heteroatoms. The topological polar surface area (TPSA) is 26.3 Å². The van der Waals surface area contributed by atoms with Gasteiger partial charge in [0.25, 0.3) is 0 Å². The van der Waals surface area contributed by atoms with E-state index in [1.54, 1.807) is 0 Å². The van der Waals surface area contributed by atoms with E-state index in [1.807, 2.05) is 6.92 Å². The van der Waals surface area contributed by atoms with Crippen LogP contribution >= 0.6 is 0 Å². The van der Waals surface area contributed by atoms with Gasteiger partial charge in [-0.2, -0.15) is 0 Å². The summed E-state index contributed by atoms with van der Waals surface area (Å²) in [6.45, 7) is 4.30. The molecule has 1 saturated carbocycles. The Morgan fingerprint density at radius 3 is 2.80 bits per heavy atom. The molecule has 2 atom stereocenters. The van der Waals surface area contributed by atoms with Gasteiger partial charge in [0.2, 0.25) is 0 Å². The van der Waals surface area contributed by atoms with Crippen molar-refractivity contribution in [1.29, 1.82) is 0 Å². The Morgan fingerprint density at radius 2 is 2.20 bits per heavy atom. The molecule has 0 saturated heterocycles. The highest BCUT2D eigenvalue weighted by molar-refractivity contribution is 6.02. The number of ether oxygens (including phenoxy) is 1. The van der Waals surface area contributed by atoms with Crippen LogP contribution in [0, 0.1) is 17.6 Å². The molecule has 2 nitrogen and oxygen atoms in total. The second-order valence-electron chi connectivity index (χ2n) is 5.58. The highest BCUT2D eigenvalue weighted by Crippen LogP contribution is 2.38. The van der Waals surface area contributed by atoms with Crippen molar-refractivity contribution < 1.29 is 18.3 Å². The molecule has 2 unspecified atom stereocenters. The molecule has 0 spiro atoms. The molecule has 1 aromatic rings. The minimum Gasteiger partial charge on any atom is -0.367 e. The first kappa shape index (κ1) is 15.1. The Kier molecular flexibility index (Phi) is 4.53. The molecule has 1 aromatic carbocycles. The highest BCUT2D eigenvalue weighted by Gasteiger charge is 2.43. The van der Waals surface area contributed by atoms with Crippen LogP contribution in [-0.4, -0.2) is 18.0 Å². The summed E-state index contributed by atoms with van der Waals surface area (Å²) in [5.74, 6) is -1.49. The molecule has 0 aromatic heterocycles. The maximum absolute atomic E-state index is 13.8. The lowest BCUT2D eigenvalue weighted by atomic mass is 9.74. The molecular formula is C16H20F2O2. The molecule has 20 heavy (non-hydrogen) atoms. The van der Waals surface area contributed by atoms with Gasteiger partial charge in [0.15, 0.2) is 5.78 Å². The number of hydrogen-bond acceptors (Lipinski definition) is 2. The number of ketones is 1. The van der Waals surface area contributed by atoms with Gasteiger partial charge in [-0.05, 0) is 44.2 Å². The van der Waals surface area contributed by atoms with Gasteiger partial charge in [0, 0.05) is 12.7 Å². The van der Waals surface area contributed by atoms with Gasteiger partial charge in [-0.3, -0.25) is 4.79 Å². The van der Waals surface area contributed by atoms with Crippen LogP contribution in [0.2, 0.25) is 0 Å². The average Bonchev–Trinajstić information content (AvgIpc) is 2.38. The fourth-order valence-corrected chi connectivity index (χ4v) is 3.10. The standard InChI is InChI=1S/C16H20F2O2/c1-3-20-16(8-4-5-11(2)10-16)15(19)13-7-6-12(17)9-14(13)18/h6-7,9,11H,3-5,8,10H2,1-2H3. The van der Waals surface area contributed by atoms with Crippen molar-refractivity contribution in [2.24, 2.45) is 5.92 Å². The average molecular weight is 282 g/mol. The number of halogens is 2. The van der Waals surface area contributed by atoms with E-state index < -0.39 is 17.2 Å². The van der Waals surface area contributed by atoms with Crippen molar-refractivity contribution in [2.45, 2.75) is 45.1 Å². The Morgan fingerprint density at radius 1 is 1.45 bits per heavy atom. The van der Waals surface area contributed by atoms with Crippen LogP contribution in [0.1, 0.15) is 49.9 Å². The van der Waals surface area contributed by atoms with Gasteiger partial charge in [-0.1, -0.05) is 13.3 Å². The maximum atomic E-state index is 13.8. The molecule has 2 rings (SSSR count). The van der Waals surface area contributed by atoms with Crippen LogP contribution < -0.4 is 0 Å². The fraction of sp³-hybridized carbons (Fsp3) is 0.562. The normalized spacial score (nSPS) is 26.5. The van der Waals surface area contributed by atoms with Crippen molar-refractivity contribution in [2.75, 3.05) is 6.61 Å². The van der Waals surface area contributed by atoms with Crippen LogP contribution in [0.4, 0.5) is 8.78 Å². The third-order valence-electron chi connectivity index (χ3n) is 3.97. The van der Waals surface area contributed by atoms with E-state index in [4.69, 9.17) is 4.74 Å². The summed E-state index contributed by atoms with van der Waals surface area (Å²) >= 11 is 0. The van der Waals surface area contributed by atoms with Crippen LogP contribution in [0.5, 0.6) is 0 Å². The van der Waals surface area contributed by atoms with Crippen LogP contribution in [0.3, 0.4) is 0 Å². The quantitative estimate of drug-likeness (QED) is 0.776. The number of benzene rings is 1. The molecule has 0 radical (unpaired) electrons. The van der Waals surface area contributed by atoms with Gasteiger partial charge < -0.3 is 4.74 Å². The zero-order valence-corrected chi connectivity index (χ0v) is 11.9. The van der Waals surface area contributed by atoms with E-state index in [1.165, 1.54) is 6.07 Å². The van der Waals surface area contributed by atoms with E-state index in [0.29, 0.717) is 25.4 Å². The second-order valence-corrected chi connectivity index (χ2v) is 5.58. The van der Waals surface area contributed by atoms with E-state index in [-0.39, 0.29) is 11.3 Å². The van der Waals surface area contributed by atoms with E-state index >= 15 is 0 Å². The fourth-order valence-electron chi connectivity index (χ4n) is 3.10. The zero-order chi connectivity index (χ0) is 14.8. The molecule has 0 N–H and O–H groups in total. The van der Waals surface area contributed by atoms with Crippen molar-refractivity contribution in [1.82, 2.24) is 0 Å². The summed E-state index contributed by atoms with van der Waals surface area (Å²) in [7, 11) is 0. The first-order valence-electron chi connectivity index (χ1n) is 7.12. The first-order valence-corrected chi connectivity index (χ1v) is 7.12. The van der Waals surface area contributed by atoms with Crippen molar-refractivity contribution >= 4 is 5.78 Å².